The predicted octanol–water partition coefficient (Wildman–Crippen LogP) is 4.11. The van der Waals surface area contributed by atoms with Gasteiger partial charge in [0.05, 0.1) is 34.0 Å². The highest BCUT2D eigenvalue weighted by molar-refractivity contribution is 5.87. The SMILES string of the molecule is COc1cc(-c2conc2-c2ccc(N(C)C)cc2)c(OC)c(OC)c1OC. The number of anilines is 1. The number of methoxy groups -OCH3 is 4. The van der Waals surface area contributed by atoms with E-state index < -0.39 is 0 Å². The van der Waals surface area contributed by atoms with Gasteiger partial charge in [0.1, 0.15) is 12.0 Å². The van der Waals surface area contributed by atoms with Crippen LogP contribution < -0.4 is 23.8 Å². The Hall–Kier alpha value is -3.35. The molecule has 0 aliphatic carbocycles. The lowest BCUT2D eigenvalue weighted by atomic mass is 9.99. The fourth-order valence-corrected chi connectivity index (χ4v) is 3.09. The van der Waals surface area contributed by atoms with E-state index >= 15 is 0 Å². The number of benzene rings is 2. The van der Waals surface area contributed by atoms with E-state index in [1.54, 1.807) is 34.7 Å². The second-order valence-corrected chi connectivity index (χ2v) is 6.24. The standard InChI is InChI=1S/C21H24N2O5/c1-23(2)14-9-7-13(8-10-14)18-16(12-28-22-18)15-11-17(24-3)20(26-5)21(27-6)19(15)25-4/h7-12H,1-6H3. The van der Waals surface area contributed by atoms with Crippen LogP contribution in [-0.2, 0) is 0 Å². The Morgan fingerprint density at radius 2 is 1.43 bits per heavy atom. The molecule has 0 atom stereocenters. The first-order chi connectivity index (χ1) is 13.5. The molecule has 0 fully saturated rings. The van der Waals surface area contributed by atoms with Crippen molar-refractivity contribution in [2.45, 2.75) is 0 Å². The van der Waals surface area contributed by atoms with Crippen LogP contribution >= 0.6 is 0 Å². The summed E-state index contributed by atoms with van der Waals surface area (Å²) in [7, 11) is 10.2. The van der Waals surface area contributed by atoms with E-state index in [-0.39, 0.29) is 0 Å². The largest absolute Gasteiger partial charge is 0.493 e. The zero-order valence-corrected chi connectivity index (χ0v) is 16.9. The van der Waals surface area contributed by atoms with Gasteiger partial charge in [0.2, 0.25) is 11.5 Å². The van der Waals surface area contributed by atoms with Crippen molar-refractivity contribution in [1.82, 2.24) is 5.16 Å². The number of hydrogen-bond acceptors (Lipinski definition) is 7. The highest BCUT2D eigenvalue weighted by atomic mass is 16.5. The van der Waals surface area contributed by atoms with Crippen LogP contribution in [0.25, 0.3) is 22.4 Å². The Bertz CT molecular complexity index is 948. The molecule has 2 aromatic carbocycles. The van der Waals surface area contributed by atoms with Gasteiger partial charge in [-0.2, -0.15) is 0 Å². The molecule has 7 heteroatoms. The molecular formula is C21H24N2O5. The third-order valence-corrected chi connectivity index (χ3v) is 4.51. The molecule has 0 spiro atoms. The quantitative estimate of drug-likeness (QED) is 0.607. The van der Waals surface area contributed by atoms with E-state index in [9.17, 15) is 0 Å². The van der Waals surface area contributed by atoms with Crippen molar-refractivity contribution in [3.05, 3.63) is 36.6 Å². The van der Waals surface area contributed by atoms with E-state index in [0.29, 0.717) is 28.7 Å². The Labute approximate surface area is 164 Å². The summed E-state index contributed by atoms with van der Waals surface area (Å²) in [5.41, 5.74) is 4.20. The summed E-state index contributed by atoms with van der Waals surface area (Å²) in [6.45, 7) is 0. The number of rotatable bonds is 7. The number of nitrogens with zero attached hydrogens (tertiary/aromatic N) is 2. The van der Waals surface area contributed by atoms with Crippen LogP contribution in [0.15, 0.2) is 41.1 Å². The van der Waals surface area contributed by atoms with Crippen LogP contribution in [0.1, 0.15) is 0 Å². The Kier molecular flexibility index (Phi) is 5.63. The maximum atomic E-state index is 5.64. The van der Waals surface area contributed by atoms with E-state index in [1.807, 2.05) is 49.3 Å². The molecule has 148 valence electrons. The van der Waals surface area contributed by atoms with Gasteiger partial charge in [-0.15, -0.1) is 0 Å². The van der Waals surface area contributed by atoms with Gasteiger partial charge in [0, 0.05) is 30.9 Å². The normalized spacial score (nSPS) is 10.5. The van der Waals surface area contributed by atoms with Crippen LogP contribution in [0.5, 0.6) is 23.0 Å². The van der Waals surface area contributed by atoms with E-state index in [1.165, 1.54) is 0 Å². The van der Waals surface area contributed by atoms with Crippen LogP contribution in [0.4, 0.5) is 5.69 Å². The maximum absolute atomic E-state index is 5.64. The molecule has 1 aromatic heterocycles. The molecule has 0 amide bonds. The summed E-state index contributed by atoms with van der Waals surface area (Å²) in [5.74, 6) is 1.92. The summed E-state index contributed by atoms with van der Waals surface area (Å²) in [4.78, 5) is 2.04. The van der Waals surface area contributed by atoms with Crippen LogP contribution in [-0.4, -0.2) is 47.7 Å². The summed E-state index contributed by atoms with van der Waals surface area (Å²) >= 11 is 0. The van der Waals surface area contributed by atoms with Gasteiger partial charge in [-0.1, -0.05) is 17.3 Å². The summed E-state index contributed by atoms with van der Waals surface area (Å²) in [6, 6.07) is 9.88. The van der Waals surface area contributed by atoms with Crippen LogP contribution in [0.3, 0.4) is 0 Å². The van der Waals surface area contributed by atoms with Gasteiger partial charge < -0.3 is 28.4 Å². The molecule has 0 saturated carbocycles. The van der Waals surface area contributed by atoms with E-state index in [2.05, 4.69) is 5.16 Å². The number of ether oxygens (including phenoxy) is 4. The third-order valence-electron chi connectivity index (χ3n) is 4.51. The Balaban J connectivity index is 2.19. The highest BCUT2D eigenvalue weighted by Crippen LogP contribution is 2.51. The minimum Gasteiger partial charge on any atom is -0.493 e. The number of aromatic nitrogens is 1. The fraction of sp³-hybridized carbons (Fsp3) is 0.286. The topological polar surface area (TPSA) is 66.2 Å². The molecule has 7 nitrogen and oxygen atoms in total. The average Bonchev–Trinajstić information content (AvgIpc) is 3.21. The molecule has 1 heterocycles. The monoisotopic (exact) mass is 384 g/mol. The van der Waals surface area contributed by atoms with Gasteiger partial charge in [0.15, 0.2) is 11.5 Å². The zero-order chi connectivity index (χ0) is 20.3. The first-order valence-corrected chi connectivity index (χ1v) is 8.65. The molecule has 0 saturated heterocycles. The van der Waals surface area contributed by atoms with E-state index in [4.69, 9.17) is 23.5 Å². The Morgan fingerprint density at radius 3 is 1.96 bits per heavy atom. The molecule has 0 unspecified atom stereocenters. The fourth-order valence-electron chi connectivity index (χ4n) is 3.09. The van der Waals surface area contributed by atoms with Gasteiger partial charge in [0.25, 0.3) is 0 Å². The lowest BCUT2D eigenvalue weighted by Crippen LogP contribution is -2.07. The summed E-state index contributed by atoms with van der Waals surface area (Å²) in [5, 5.41) is 4.21. The van der Waals surface area contributed by atoms with Gasteiger partial charge in [-0.05, 0) is 18.2 Å². The van der Waals surface area contributed by atoms with Gasteiger partial charge in [-0.25, -0.2) is 0 Å². The van der Waals surface area contributed by atoms with Crippen molar-refractivity contribution in [3.8, 4) is 45.4 Å². The molecule has 3 rings (SSSR count). The maximum Gasteiger partial charge on any atom is 0.207 e. The molecule has 28 heavy (non-hydrogen) atoms. The van der Waals surface area contributed by atoms with Crippen LogP contribution in [0, 0.1) is 0 Å². The molecule has 0 radical (unpaired) electrons. The lowest BCUT2D eigenvalue weighted by molar-refractivity contribution is 0.306. The highest BCUT2D eigenvalue weighted by Gasteiger charge is 2.25. The Morgan fingerprint density at radius 1 is 0.786 bits per heavy atom. The molecule has 0 bridgehead atoms. The number of hydrogen-bond donors (Lipinski definition) is 0. The second kappa shape index (κ2) is 8.12. The molecular weight excluding hydrogens is 360 g/mol. The van der Waals surface area contributed by atoms with Crippen molar-refractivity contribution in [3.63, 3.8) is 0 Å². The smallest absolute Gasteiger partial charge is 0.207 e. The minimum atomic E-state index is 0.439. The summed E-state index contributed by atoms with van der Waals surface area (Å²) in [6.07, 6.45) is 1.58. The minimum absolute atomic E-state index is 0.439. The first kappa shape index (κ1) is 19.4. The second-order valence-electron chi connectivity index (χ2n) is 6.24. The third kappa shape index (κ3) is 3.31. The predicted molar refractivity (Wildman–Crippen MR) is 108 cm³/mol. The van der Waals surface area contributed by atoms with Crippen molar-refractivity contribution < 1.29 is 23.5 Å². The van der Waals surface area contributed by atoms with Crippen molar-refractivity contribution in [2.75, 3.05) is 47.4 Å². The molecule has 0 aliphatic heterocycles. The van der Waals surface area contributed by atoms with Crippen molar-refractivity contribution >= 4 is 5.69 Å². The van der Waals surface area contributed by atoms with Crippen molar-refractivity contribution in [2.24, 2.45) is 0 Å². The lowest BCUT2D eigenvalue weighted by Gasteiger charge is -2.18. The summed E-state index contributed by atoms with van der Waals surface area (Å²) < 4.78 is 27.4. The molecule has 0 N–H and O–H groups in total. The van der Waals surface area contributed by atoms with Crippen LogP contribution in [0.2, 0.25) is 0 Å². The van der Waals surface area contributed by atoms with Gasteiger partial charge in [-0.3, -0.25) is 0 Å². The van der Waals surface area contributed by atoms with E-state index in [0.717, 1.165) is 22.4 Å². The average molecular weight is 384 g/mol. The van der Waals surface area contributed by atoms with Gasteiger partial charge >= 0.3 is 0 Å². The van der Waals surface area contributed by atoms with Crippen molar-refractivity contribution in [1.29, 1.82) is 0 Å². The molecule has 3 aromatic rings. The molecule has 0 aliphatic rings. The zero-order valence-electron chi connectivity index (χ0n) is 16.9. The first-order valence-electron chi connectivity index (χ1n) is 8.65.